The van der Waals surface area contributed by atoms with E-state index in [4.69, 9.17) is 11.6 Å². The molecular weight excluding hydrogens is 400 g/mol. The molecule has 0 aliphatic heterocycles. The first kappa shape index (κ1) is 19.9. The summed E-state index contributed by atoms with van der Waals surface area (Å²) in [7, 11) is -3.91. The second-order valence-corrected chi connectivity index (χ2v) is 8.01. The second-order valence-electron chi connectivity index (χ2n) is 5.87. The van der Waals surface area contributed by atoms with E-state index in [0.29, 0.717) is 12.1 Å². The fourth-order valence-corrected chi connectivity index (χ4v) is 3.94. The second kappa shape index (κ2) is 8.92. The molecule has 2 N–H and O–H groups in total. The monoisotopic (exact) mass is 416 g/mol. The molecule has 7 nitrogen and oxygen atoms in total. The quantitative estimate of drug-likeness (QED) is 0.616. The third-order valence-corrected chi connectivity index (χ3v) is 5.76. The minimum atomic E-state index is -3.91. The molecule has 0 bridgehead atoms. The van der Waals surface area contributed by atoms with Crippen molar-refractivity contribution in [3.63, 3.8) is 0 Å². The first-order valence-corrected chi connectivity index (χ1v) is 10.2. The molecule has 0 aliphatic carbocycles. The highest BCUT2D eigenvalue weighted by Gasteiger charge is 2.20. The molecule has 3 rings (SSSR count). The lowest BCUT2D eigenvalue weighted by Gasteiger charge is -2.11. The molecule has 2 aromatic heterocycles. The summed E-state index contributed by atoms with van der Waals surface area (Å²) < 4.78 is 27.7. The van der Waals surface area contributed by atoms with Crippen LogP contribution in [0.5, 0.6) is 0 Å². The maximum Gasteiger partial charge on any atom is 0.251 e. The Labute approximate surface area is 167 Å². The van der Waals surface area contributed by atoms with Crippen molar-refractivity contribution in [3.05, 3.63) is 89.0 Å². The van der Waals surface area contributed by atoms with E-state index < -0.39 is 15.9 Å². The summed E-state index contributed by atoms with van der Waals surface area (Å²) in [6, 6.07) is 11.1. The highest BCUT2D eigenvalue weighted by atomic mass is 35.5. The molecule has 28 heavy (non-hydrogen) atoms. The number of rotatable bonds is 7. The molecule has 0 spiro atoms. The van der Waals surface area contributed by atoms with E-state index in [-0.39, 0.29) is 22.0 Å². The van der Waals surface area contributed by atoms with Crippen molar-refractivity contribution in [1.29, 1.82) is 0 Å². The topological polar surface area (TPSA) is 101 Å². The predicted molar refractivity (Wildman–Crippen MR) is 105 cm³/mol. The summed E-state index contributed by atoms with van der Waals surface area (Å²) in [5.74, 6) is -0.405. The third kappa shape index (κ3) is 5.13. The Morgan fingerprint density at radius 2 is 1.75 bits per heavy atom. The zero-order valence-corrected chi connectivity index (χ0v) is 16.2. The average molecular weight is 417 g/mol. The molecule has 0 unspecified atom stereocenters. The van der Waals surface area contributed by atoms with Gasteiger partial charge in [-0.2, -0.15) is 0 Å². The number of sulfonamides is 1. The Kier molecular flexibility index (Phi) is 6.35. The molecule has 0 saturated carbocycles. The summed E-state index contributed by atoms with van der Waals surface area (Å²) in [5, 5.41) is 2.77. The maximum absolute atomic E-state index is 12.6. The number of benzene rings is 1. The Morgan fingerprint density at radius 1 is 0.964 bits per heavy atom. The fourth-order valence-electron chi connectivity index (χ4n) is 2.39. The molecular formula is C19H17ClN4O3S. The minimum absolute atomic E-state index is 0.0318. The van der Waals surface area contributed by atoms with Crippen LogP contribution >= 0.6 is 11.6 Å². The summed E-state index contributed by atoms with van der Waals surface area (Å²) in [5.41, 5.74) is 1.77. The summed E-state index contributed by atoms with van der Waals surface area (Å²) in [6.45, 7) is 0.357. The summed E-state index contributed by atoms with van der Waals surface area (Å²) in [6.07, 6.45) is 6.42. The van der Waals surface area contributed by atoms with Gasteiger partial charge in [-0.3, -0.25) is 14.8 Å². The molecule has 0 saturated heterocycles. The van der Waals surface area contributed by atoms with Gasteiger partial charge in [-0.25, -0.2) is 13.1 Å². The number of hydrogen-bond donors (Lipinski definition) is 2. The van der Waals surface area contributed by atoms with E-state index in [1.165, 1.54) is 18.2 Å². The van der Waals surface area contributed by atoms with E-state index in [1.807, 2.05) is 0 Å². The van der Waals surface area contributed by atoms with Crippen LogP contribution in [0.2, 0.25) is 5.02 Å². The molecule has 2 heterocycles. The van der Waals surface area contributed by atoms with E-state index in [9.17, 15) is 13.2 Å². The molecule has 9 heteroatoms. The Morgan fingerprint density at radius 3 is 2.46 bits per heavy atom. The van der Waals surface area contributed by atoms with Crippen molar-refractivity contribution in [3.8, 4) is 0 Å². The van der Waals surface area contributed by atoms with Crippen LogP contribution in [0.1, 0.15) is 21.5 Å². The van der Waals surface area contributed by atoms with Gasteiger partial charge in [0.15, 0.2) is 0 Å². The lowest BCUT2D eigenvalue weighted by molar-refractivity contribution is 0.0950. The summed E-state index contributed by atoms with van der Waals surface area (Å²) >= 11 is 6.07. The maximum atomic E-state index is 12.6. The number of nitrogens with zero attached hydrogens (tertiary/aromatic N) is 2. The third-order valence-electron chi connectivity index (χ3n) is 3.87. The van der Waals surface area contributed by atoms with Crippen molar-refractivity contribution >= 4 is 27.5 Å². The fraction of sp³-hybridized carbons (Fsp3) is 0.105. The minimum Gasteiger partial charge on any atom is -0.348 e. The van der Waals surface area contributed by atoms with E-state index in [1.54, 1.807) is 49.1 Å². The molecule has 0 fully saturated rings. The number of aromatic nitrogens is 2. The van der Waals surface area contributed by atoms with Gasteiger partial charge in [-0.15, -0.1) is 0 Å². The van der Waals surface area contributed by atoms with Crippen LogP contribution in [0, 0.1) is 0 Å². The number of nitrogens with one attached hydrogen (secondary N) is 2. The van der Waals surface area contributed by atoms with Gasteiger partial charge in [0, 0.05) is 43.4 Å². The normalized spacial score (nSPS) is 11.2. The highest BCUT2D eigenvalue weighted by Crippen LogP contribution is 2.23. The molecule has 0 atom stereocenters. The van der Waals surface area contributed by atoms with Crippen molar-refractivity contribution in [2.45, 2.75) is 18.0 Å². The standard InChI is InChI=1S/C19H17ClN4O3S/c20-17-4-3-16(19(25)23-12-14-5-8-21-9-6-14)10-18(17)28(26,27)24-13-15-2-1-7-22-11-15/h1-11,24H,12-13H2,(H,23,25). The van der Waals surface area contributed by atoms with Crippen LogP contribution in [0.15, 0.2) is 72.1 Å². The number of halogens is 1. The Bertz CT molecular complexity index is 1060. The Hall–Kier alpha value is -2.81. The zero-order chi connectivity index (χ0) is 20.0. The van der Waals surface area contributed by atoms with Crippen molar-refractivity contribution in [2.24, 2.45) is 0 Å². The number of amides is 1. The highest BCUT2D eigenvalue weighted by molar-refractivity contribution is 7.89. The number of carbonyl (C=O) groups excluding carboxylic acids is 1. The molecule has 1 amide bonds. The lowest BCUT2D eigenvalue weighted by Crippen LogP contribution is -2.25. The first-order valence-electron chi connectivity index (χ1n) is 8.31. The van der Waals surface area contributed by atoms with Gasteiger partial charge in [0.2, 0.25) is 10.0 Å². The summed E-state index contributed by atoms with van der Waals surface area (Å²) in [4.78, 5) is 20.1. The van der Waals surface area contributed by atoms with Crippen LogP contribution < -0.4 is 10.0 Å². The number of pyridine rings is 2. The molecule has 0 radical (unpaired) electrons. The van der Waals surface area contributed by atoms with Crippen LogP contribution in [-0.4, -0.2) is 24.3 Å². The molecule has 144 valence electrons. The average Bonchev–Trinajstić information content (AvgIpc) is 2.72. The predicted octanol–water partition coefficient (Wildman–Crippen LogP) is 2.54. The van der Waals surface area contributed by atoms with Crippen molar-refractivity contribution in [1.82, 2.24) is 20.0 Å². The van der Waals surface area contributed by atoms with Gasteiger partial charge < -0.3 is 5.32 Å². The van der Waals surface area contributed by atoms with E-state index in [0.717, 1.165) is 5.56 Å². The van der Waals surface area contributed by atoms with Gasteiger partial charge >= 0.3 is 0 Å². The Balaban J connectivity index is 1.73. The zero-order valence-electron chi connectivity index (χ0n) is 14.7. The molecule has 0 aliphatic rings. The van der Waals surface area contributed by atoms with Gasteiger partial charge in [0.25, 0.3) is 5.91 Å². The van der Waals surface area contributed by atoms with Crippen LogP contribution in [-0.2, 0) is 23.1 Å². The van der Waals surface area contributed by atoms with Crippen molar-refractivity contribution in [2.75, 3.05) is 0 Å². The van der Waals surface area contributed by atoms with Gasteiger partial charge in [-0.1, -0.05) is 17.7 Å². The molecule has 1 aromatic carbocycles. The lowest BCUT2D eigenvalue weighted by atomic mass is 10.2. The van der Waals surface area contributed by atoms with Gasteiger partial charge in [-0.05, 0) is 47.5 Å². The largest absolute Gasteiger partial charge is 0.348 e. The SMILES string of the molecule is O=C(NCc1ccncc1)c1ccc(Cl)c(S(=O)(=O)NCc2cccnc2)c1. The van der Waals surface area contributed by atoms with Crippen LogP contribution in [0.3, 0.4) is 0 Å². The van der Waals surface area contributed by atoms with Gasteiger partial charge in [0.05, 0.1) is 5.02 Å². The first-order chi connectivity index (χ1) is 13.5. The molecule has 3 aromatic rings. The smallest absolute Gasteiger partial charge is 0.251 e. The number of carbonyl (C=O) groups is 1. The van der Waals surface area contributed by atoms with Crippen molar-refractivity contribution < 1.29 is 13.2 Å². The van der Waals surface area contributed by atoms with Crippen LogP contribution in [0.4, 0.5) is 0 Å². The van der Waals surface area contributed by atoms with E-state index in [2.05, 4.69) is 20.0 Å². The van der Waals surface area contributed by atoms with E-state index >= 15 is 0 Å². The number of hydrogen-bond acceptors (Lipinski definition) is 5. The van der Waals surface area contributed by atoms with Gasteiger partial charge in [0.1, 0.15) is 4.90 Å². The van der Waals surface area contributed by atoms with Crippen LogP contribution in [0.25, 0.3) is 0 Å².